The van der Waals surface area contributed by atoms with Crippen molar-refractivity contribution in [2.24, 2.45) is 5.92 Å². The number of nitrogens with zero attached hydrogens (tertiary/aromatic N) is 2. The summed E-state index contributed by atoms with van der Waals surface area (Å²) < 4.78 is 12.6. The van der Waals surface area contributed by atoms with Gasteiger partial charge < -0.3 is 14.6 Å². The molecule has 0 aromatic carbocycles. The normalized spacial score (nSPS) is 11.2. The van der Waals surface area contributed by atoms with Gasteiger partial charge in [-0.1, -0.05) is 19.0 Å². The first kappa shape index (κ1) is 18.3. The number of aromatic nitrogens is 2. The van der Waals surface area contributed by atoms with E-state index in [-0.39, 0.29) is 5.91 Å². The molecule has 1 N–H and O–H groups in total. The summed E-state index contributed by atoms with van der Waals surface area (Å²) in [5.74, 6) is 1.90. The van der Waals surface area contributed by atoms with Crippen LogP contribution in [0.5, 0.6) is 0 Å². The number of carbonyl (C=O) groups is 1. The highest BCUT2D eigenvalue weighted by Crippen LogP contribution is 2.20. The van der Waals surface area contributed by atoms with Crippen molar-refractivity contribution in [2.45, 2.75) is 41.0 Å². The summed E-state index contributed by atoms with van der Waals surface area (Å²) in [6.07, 6.45) is 0.805. The zero-order chi connectivity index (χ0) is 17.7. The van der Waals surface area contributed by atoms with Crippen LogP contribution in [-0.2, 0) is 4.74 Å². The molecule has 2 rings (SSSR count). The van der Waals surface area contributed by atoms with Gasteiger partial charge in [-0.05, 0) is 39.2 Å². The summed E-state index contributed by atoms with van der Waals surface area (Å²) in [6.45, 7) is 12.0. The maximum Gasteiger partial charge on any atom is 0.253 e. The number of hydrogen-bond donors (Lipinski definition) is 1. The first-order chi connectivity index (χ1) is 11.4. The van der Waals surface area contributed by atoms with Gasteiger partial charge in [0.05, 0.1) is 5.56 Å². The fourth-order valence-electron chi connectivity index (χ4n) is 2.59. The zero-order valence-electron chi connectivity index (χ0n) is 15.2. The van der Waals surface area contributed by atoms with Gasteiger partial charge in [-0.15, -0.1) is 0 Å². The lowest BCUT2D eigenvalue weighted by Gasteiger charge is -2.08. The van der Waals surface area contributed by atoms with Gasteiger partial charge in [0.25, 0.3) is 5.91 Å². The molecule has 0 aliphatic heterocycles. The molecule has 24 heavy (non-hydrogen) atoms. The summed E-state index contributed by atoms with van der Waals surface area (Å²) in [7, 11) is 0. The Morgan fingerprint density at radius 2 is 2.08 bits per heavy atom. The maximum atomic E-state index is 12.4. The lowest BCUT2D eigenvalue weighted by molar-refractivity contribution is 0.0924. The van der Waals surface area contributed by atoms with Crippen molar-refractivity contribution in [2.75, 3.05) is 19.8 Å². The average Bonchev–Trinajstić information content (AvgIpc) is 3.05. The molecule has 0 bridgehead atoms. The van der Waals surface area contributed by atoms with Gasteiger partial charge >= 0.3 is 0 Å². The van der Waals surface area contributed by atoms with Crippen molar-refractivity contribution < 1.29 is 14.1 Å². The number of nitrogens with one attached hydrogen (secondary N) is 1. The molecule has 0 aliphatic rings. The van der Waals surface area contributed by atoms with E-state index in [1.54, 1.807) is 0 Å². The van der Waals surface area contributed by atoms with Gasteiger partial charge in [-0.2, -0.15) is 0 Å². The Balaban J connectivity index is 1.93. The van der Waals surface area contributed by atoms with Crippen LogP contribution in [0.15, 0.2) is 16.7 Å². The summed E-state index contributed by atoms with van der Waals surface area (Å²) in [5, 5.41) is 6.98. The molecule has 2 aromatic rings. The smallest absolute Gasteiger partial charge is 0.253 e. The maximum absolute atomic E-state index is 12.4. The number of ether oxygens (including phenoxy) is 1. The van der Waals surface area contributed by atoms with Crippen molar-refractivity contribution in [3.63, 3.8) is 0 Å². The number of aryl methyl sites for hydroxylation is 2. The van der Waals surface area contributed by atoms with Crippen LogP contribution >= 0.6 is 0 Å². The number of carbonyl (C=O) groups excluding carboxylic acids is 1. The van der Waals surface area contributed by atoms with Gasteiger partial charge in [-0.3, -0.25) is 9.36 Å². The van der Waals surface area contributed by atoms with Gasteiger partial charge in [0.2, 0.25) is 0 Å². The van der Waals surface area contributed by atoms with E-state index in [2.05, 4.69) is 24.3 Å². The van der Waals surface area contributed by atoms with Crippen LogP contribution < -0.4 is 5.32 Å². The minimum atomic E-state index is -0.0709. The van der Waals surface area contributed by atoms with Crippen LogP contribution in [0.3, 0.4) is 0 Å². The third-order valence-electron chi connectivity index (χ3n) is 3.72. The first-order valence-corrected chi connectivity index (χ1v) is 8.38. The van der Waals surface area contributed by atoms with E-state index in [4.69, 9.17) is 9.26 Å². The topological polar surface area (TPSA) is 69.3 Å². The molecule has 6 nitrogen and oxygen atoms in total. The van der Waals surface area contributed by atoms with E-state index in [1.807, 2.05) is 37.5 Å². The number of rotatable bonds is 8. The molecular formula is C18H27N3O3. The van der Waals surface area contributed by atoms with E-state index in [0.717, 1.165) is 30.2 Å². The molecule has 0 spiro atoms. The summed E-state index contributed by atoms with van der Waals surface area (Å²) in [4.78, 5) is 12.4. The summed E-state index contributed by atoms with van der Waals surface area (Å²) in [5.41, 5.74) is 2.47. The second-order valence-corrected chi connectivity index (χ2v) is 6.49. The third-order valence-corrected chi connectivity index (χ3v) is 3.72. The molecule has 0 aliphatic carbocycles. The number of amides is 1. The third kappa shape index (κ3) is 4.47. The molecule has 0 fully saturated rings. The minimum absolute atomic E-state index is 0.0709. The van der Waals surface area contributed by atoms with Gasteiger partial charge in [0.15, 0.2) is 5.82 Å². The molecule has 6 heteroatoms. The van der Waals surface area contributed by atoms with Crippen LogP contribution in [-0.4, -0.2) is 35.4 Å². The fraction of sp³-hybridized carbons (Fsp3) is 0.556. The summed E-state index contributed by atoms with van der Waals surface area (Å²) >= 11 is 0. The quantitative estimate of drug-likeness (QED) is 0.753. The average molecular weight is 333 g/mol. The monoisotopic (exact) mass is 333 g/mol. The van der Waals surface area contributed by atoms with E-state index in [9.17, 15) is 4.79 Å². The van der Waals surface area contributed by atoms with E-state index in [0.29, 0.717) is 30.5 Å². The van der Waals surface area contributed by atoms with Crippen LogP contribution in [0.2, 0.25) is 0 Å². The molecule has 132 valence electrons. The van der Waals surface area contributed by atoms with Crippen molar-refractivity contribution >= 4 is 5.91 Å². The molecule has 0 unspecified atom stereocenters. The molecule has 0 saturated carbocycles. The van der Waals surface area contributed by atoms with Crippen LogP contribution in [0, 0.1) is 26.7 Å². The predicted octanol–water partition coefficient (Wildman–Crippen LogP) is 3.18. The molecule has 2 aromatic heterocycles. The standard InChI is InChI=1S/C18H27N3O3/c1-12(2)11-23-8-6-7-19-18(22)16-9-13(3)21(15(16)5)17-10-14(4)24-20-17/h9-10,12H,6-8,11H2,1-5H3,(H,19,22). The molecule has 0 atom stereocenters. The van der Waals surface area contributed by atoms with Crippen molar-refractivity contribution in [1.29, 1.82) is 0 Å². The van der Waals surface area contributed by atoms with Crippen molar-refractivity contribution in [3.05, 3.63) is 34.8 Å². The predicted molar refractivity (Wildman–Crippen MR) is 92.6 cm³/mol. The van der Waals surface area contributed by atoms with Gasteiger partial charge in [0, 0.05) is 37.2 Å². The molecule has 0 saturated heterocycles. The first-order valence-electron chi connectivity index (χ1n) is 8.38. The lowest BCUT2D eigenvalue weighted by atomic mass is 10.2. The van der Waals surface area contributed by atoms with Crippen molar-refractivity contribution in [3.8, 4) is 5.82 Å². The SMILES string of the molecule is Cc1cc(-n2c(C)cc(C(=O)NCCCOCC(C)C)c2C)no1. The second kappa shape index (κ2) is 8.15. The minimum Gasteiger partial charge on any atom is -0.381 e. The van der Waals surface area contributed by atoms with E-state index >= 15 is 0 Å². The Morgan fingerprint density at radius 3 is 2.71 bits per heavy atom. The molecule has 2 heterocycles. The largest absolute Gasteiger partial charge is 0.381 e. The Bertz CT molecular complexity index is 686. The highest BCUT2D eigenvalue weighted by Gasteiger charge is 2.18. The summed E-state index contributed by atoms with van der Waals surface area (Å²) in [6, 6.07) is 3.73. The Morgan fingerprint density at radius 1 is 1.33 bits per heavy atom. The zero-order valence-corrected chi connectivity index (χ0v) is 15.2. The van der Waals surface area contributed by atoms with Crippen LogP contribution in [0.1, 0.15) is 47.8 Å². The number of hydrogen-bond acceptors (Lipinski definition) is 4. The molecule has 0 radical (unpaired) electrons. The molecular weight excluding hydrogens is 306 g/mol. The van der Waals surface area contributed by atoms with Crippen LogP contribution in [0.4, 0.5) is 0 Å². The lowest BCUT2D eigenvalue weighted by Crippen LogP contribution is -2.25. The molecule has 1 amide bonds. The second-order valence-electron chi connectivity index (χ2n) is 6.49. The highest BCUT2D eigenvalue weighted by atomic mass is 16.5. The van der Waals surface area contributed by atoms with Gasteiger partial charge in [-0.25, -0.2) is 0 Å². The van der Waals surface area contributed by atoms with E-state index in [1.165, 1.54) is 0 Å². The Hall–Kier alpha value is -2.08. The Labute approximate surface area is 143 Å². The van der Waals surface area contributed by atoms with Crippen LogP contribution in [0.25, 0.3) is 5.82 Å². The Kier molecular flexibility index (Phi) is 6.20. The highest BCUT2D eigenvalue weighted by molar-refractivity contribution is 5.95. The fourth-order valence-corrected chi connectivity index (χ4v) is 2.59. The van der Waals surface area contributed by atoms with Crippen molar-refractivity contribution in [1.82, 2.24) is 15.0 Å². The van der Waals surface area contributed by atoms with Gasteiger partial charge in [0.1, 0.15) is 5.76 Å². The van der Waals surface area contributed by atoms with E-state index < -0.39 is 0 Å².